The molecule has 0 amide bonds. The van der Waals surface area contributed by atoms with Crippen LogP contribution in [0.4, 0.5) is 0 Å². The molecule has 7 nitrogen and oxygen atoms in total. The van der Waals surface area contributed by atoms with E-state index in [9.17, 15) is 0 Å². The Bertz CT molecular complexity index is 809. The second kappa shape index (κ2) is 6.13. The summed E-state index contributed by atoms with van der Waals surface area (Å²) in [5, 5.41) is 7.10. The third kappa shape index (κ3) is 2.78. The molecule has 0 radical (unpaired) electrons. The summed E-state index contributed by atoms with van der Waals surface area (Å²) < 4.78 is 15.8. The van der Waals surface area contributed by atoms with E-state index >= 15 is 0 Å². The molecule has 0 aliphatic rings. The molecule has 2 heterocycles. The van der Waals surface area contributed by atoms with Crippen LogP contribution in [-0.4, -0.2) is 29.4 Å². The van der Waals surface area contributed by atoms with Crippen LogP contribution in [-0.2, 0) is 0 Å². The highest BCUT2D eigenvalue weighted by Gasteiger charge is 2.18. The maximum Gasteiger partial charge on any atom is 0.184 e. The van der Waals surface area contributed by atoms with Gasteiger partial charge in [0.05, 0.1) is 32.1 Å². The average molecular weight is 314 g/mol. The van der Waals surface area contributed by atoms with E-state index in [-0.39, 0.29) is 0 Å². The number of aryl methyl sites for hydroxylation is 1. The summed E-state index contributed by atoms with van der Waals surface area (Å²) in [5.41, 5.74) is 7.96. The van der Waals surface area contributed by atoms with Gasteiger partial charge in [0, 0.05) is 0 Å². The first-order valence-corrected chi connectivity index (χ1v) is 7.08. The predicted octanol–water partition coefficient (Wildman–Crippen LogP) is 2.44. The molecule has 0 saturated carbocycles. The van der Waals surface area contributed by atoms with E-state index in [0.29, 0.717) is 23.1 Å². The maximum absolute atomic E-state index is 6.28. The lowest BCUT2D eigenvalue weighted by molar-refractivity contribution is 0.354. The quantitative estimate of drug-likeness (QED) is 0.750. The third-order valence-electron chi connectivity index (χ3n) is 3.66. The Morgan fingerprint density at radius 2 is 1.96 bits per heavy atom. The first-order chi connectivity index (χ1) is 11.1. The number of aromatic nitrogens is 3. The number of hydrogen-bond acceptors (Lipinski definition) is 6. The van der Waals surface area contributed by atoms with E-state index < -0.39 is 6.04 Å². The van der Waals surface area contributed by atoms with E-state index in [2.05, 4.69) is 15.2 Å². The number of furan rings is 1. The van der Waals surface area contributed by atoms with Crippen LogP contribution in [0, 0.1) is 6.92 Å². The third-order valence-corrected chi connectivity index (χ3v) is 3.66. The Morgan fingerprint density at radius 1 is 1.17 bits per heavy atom. The Morgan fingerprint density at radius 3 is 2.61 bits per heavy atom. The van der Waals surface area contributed by atoms with Crippen LogP contribution in [0.1, 0.15) is 23.2 Å². The van der Waals surface area contributed by atoms with Crippen molar-refractivity contribution in [2.75, 3.05) is 14.2 Å². The van der Waals surface area contributed by atoms with Crippen molar-refractivity contribution in [1.82, 2.24) is 15.2 Å². The summed E-state index contributed by atoms with van der Waals surface area (Å²) in [6.45, 7) is 1.86. The first kappa shape index (κ1) is 15.1. The summed E-state index contributed by atoms with van der Waals surface area (Å²) >= 11 is 0. The molecular weight excluding hydrogens is 296 g/mol. The highest BCUT2D eigenvalue weighted by molar-refractivity contribution is 5.56. The zero-order chi connectivity index (χ0) is 16.4. The van der Waals surface area contributed by atoms with Gasteiger partial charge in [0.15, 0.2) is 17.3 Å². The lowest BCUT2D eigenvalue weighted by atomic mass is 10.1. The number of hydrogen-bond donors (Lipinski definition) is 2. The van der Waals surface area contributed by atoms with Gasteiger partial charge in [-0.1, -0.05) is 6.07 Å². The number of benzene rings is 1. The standard InChI is InChI=1S/C16H18N4O3/c1-9-11(6-7-23-9)15-18-16(20-19-15)14(17)10-4-5-12(21-2)13(8-10)22-3/h4-8,14H,17H2,1-3H3,(H,18,19,20)/t14-/m1/s1. The number of methoxy groups -OCH3 is 2. The fourth-order valence-corrected chi connectivity index (χ4v) is 2.35. The number of aromatic amines is 1. The number of nitrogens with one attached hydrogen (secondary N) is 1. The Hall–Kier alpha value is -2.80. The minimum absolute atomic E-state index is 0.455. The molecule has 0 bridgehead atoms. The van der Waals surface area contributed by atoms with Gasteiger partial charge in [0.2, 0.25) is 0 Å². The van der Waals surface area contributed by atoms with E-state index in [1.807, 2.05) is 31.2 Å². The average Bonchev–Trinajstić information content (AvgIpc) is 3.22. The number of nitrogens with zero attached hydrogens (tertiary/aromatic N) is 2. The van der Waals surface area contributed by atoms with Gasteiger partial charge in [-0.25, -0.2) is 4.98 Å². The van der Waals surface area contributed by atoms with Crippen LogP contribution in [0.2, 0.25) is 0 Å². The normalized spacial score (nSPS) is 12.2. The van der Waals surface area contributed by atoms with Gasteiger partial charge in [-0.05, 0) is 30.7 Å². The Kier molecular flexibility index (Phi) is 4.03. The summed E-state index contributed by atoms with van der Waals surface area (Å²) in [4.78, 5) is 4.46. The number of nitrogens with two attached hydrogens (primary N) is 1. The highest BCUT2D eigenvalue weighted by atomic mass is 16.5. The zero-order valence-electron chi connectivity index (χ0n) is 13.2. The van der Waals surface area contributed by atoms with Crippen molar-refractivity contribution in [3.05, 3.63) is 47.7 Å². The molecule has 0 spiro atoms. The molecule has 0 fully saturated rings. The van der Waals surface area contributed by atoms with Gasteiger partial charge in [-0.15, -0.1) is 0 Å². The molecule has 3 N–H and O–H groups in total. The van der Waals surface area contributed by atoms with Crippen LogP contribution in [0.3, 0.4) is 0 Å². The first-order valence-electron chi connectivity index (χ1n) is 7.08. The van der Waals surface area contributed by atoms with Gasteiger partial charge in [-0.3, -0.25) is 5.10 Å². The van der Waals surface area contributed by atoms with Crippen molar-refractivity contribution in [2.45, 2.75) is 13.0 Å². The van der Waals surface area contributed by atoms with E-state index in [0.717, 1.165) is 16.9 Å². The highest BCUT2D eigenvalue weighted by Crippen LogP contribution is 2.31. The van der Waals surface area contributed by atoms with E-state index in [1.54, 1.807) is 20.5 Å². The molecule has 2 aromatic heterocycles. The van der Waals surface area contributed by atoms with Crippen LogP contribution >= 0.6 is 0 Å². The van der Waals surface area contributed by atoms with Gasteiger partial charge in [-0.2, -0.15) is 5.10 Å². The molecule has 0 unspecified atom stereocenters. The van der Waals surface area contributed by atoms with Crippen LogP contribution < -0.4 is 15.2 Å². The van der Waals surface area contributed by atoms with Gasteiger partial charge >= 0.3 is 0 Å². The Labute approximate surface area is 133 Å². The second-order valence-corrected chi connectivity index (χ2v) is 5.03. The number of rotatable bonds is 5. The van der Waals surface area contributed by atoms with Crippen LogP contribution in [0.25, 0.3) is 11.4 Å². The zero-order valence-corrected chi connectivity index (χ0v) is 13.2. The predicted molar refractivity (Wildman–Crippen MR) is 84.4 cm³/mol. The lowest BCUT2D eigenvalue weighted by Crippen LogP contribution is -2.14. The van der Waals surface area contributed by atoms with Crippen molar-refractivity contribution < 1.29 is 13.9 Å². The number of ether oxygens (including phenoxy) is 2. The van der Waals surface area contributed by atoms with Crippen LogP contribution in [0.5, 0.6) is 11.5 Å². The van der Waals surface area contributed by atoms with Gasteiger partial charge in [0.1, 0.15) is 11.6 Å². The van der Waals surface area contributed by atoms with Crippen molar-refractivity contribution in [1.29, 1.82) is 0 Å². The lowest BCUT2D eigenvalue weighted by Gasteiger charge is -2.12. The van der Waals surface area contributed by atoms with Crippen molar-refractivity contribution in [3.8, 4) is 22.9 Å². The summed E-state index contributed by atoms with van der Waals surface area (Å²) in [6, 6.07) is 6.88. The SMILES string of the molecule is COc1ccc([C@@H](N)c2nc(-c3ccoc3C)n[nH]2)cc1OC. The molecule has 0 aliphatic heterocycles. The number of H-pyrrole nitrogens is 1. The monoisotopic (exact) mass is 314 g/mol. The van der Waals surface area contributed by atoms with Gasteiger partial charge in [0.25, 0.3) is 0 Å². The molecule has 120 valence electrons. The fourth-order valence-electron chi connectivity index (χ4n) is 2.35. The molecule has 3 rings (SSSR count). The Balaban J connectivity index is 1.90. The maximum atomic E-state index is 6.28. The largest absolute Gasteiger partial charge is 0.493 e. The summed E-state index contributed by atoms with van der Waals surface area (Å²) in [6.07, 6.45) is 1.61. The summed E-state index contributed by atoms with van der Waals surface area (Å²) in [5.74, 6) is 3.15. The smallest absolute Gasteiger partial charge is 0.184 e. The minimum atomic E-state index is -0.455. The van der Waals surface area contributed by atoms with Gasteiger partial charge < -0.3 is 19.6 Å². The fraction of sp³-hybridized carbons (Fsp3) is 0.250. The second-order valence-electron chi connectivity index (χ2n) is 5.03. The molecule has 3 aromatic rings. The molecule has 23 heavy (non-hydrogen) atoms. The molecule has 0 saturated heterocycles. The van der Waals surface area contributed by atoms with Crippen molar-refractivity contribution in [3.63, 3.8) is 0 Å². The molecule has 0 aliphatic carbocycles. The molecule has 7 heteroatoms. The molecular formula is C16H18N4O3. The van der Waals surface area contributed by atoms with Crippen molar-refractivity contribution >= 4 is 0 Å². The minimum Gasteiger partial charge on any atom is -0.493 e. The molecule has 1 aromatic carbocycles. The topological polar surface area (TPSA) is 99.2 Å². The molecule has 1 atom stereocenters. The summed E-state index contributed by atoms with van der Waals surface area (Å²) in [7, 11) is 3.18. The van der Waals surface area contributed by atoms with Crippen LogP contribution in [0.15, 0.2) is 34.9 Å². The van der Waals surface area contributed by atoms with E-state index in [1.165, 1.54) is 0 Å². The van der Waals surface area contributed by atoms with Crippen molar-refractivity contribution in [2.24, 2.45) is 5.73 Å². The van der Waals surface area contributed by atoms with E-state index in [4.69, 9.17) is 19.6 Å².